The molecule has 134 valence electrons. The molecule has 2 N–H and O–H groups in total. The van der Waals surface area contributed by atoms with Crippen molar-refractivity contribution in [3.8, 4) is 17.1 Å². The molecule has 0 saturated carbocycles. The Kier molecular flexibility index (Phi) is 5.34. The van der Waals surface area contributed by atoms with E-state index in [1.807, 2.05) is 18.2 Å². The minimum Gasteiger partial charge on any atom is -0.507 e. The first-order valence-corrected chi connectivity index (χ1v) is 7.90. The van der Waals surface area contributed by atoms with Crippen LogP contribution in [0.1, 0.15) is 12.8 Å². The topological polar surface area (TPSA) is 76.8 Å². The first-order valence-electron chi connectivity index (χ1n) is 7.90. The summed E-state index contributed by atoms with van der Waals surface area (Å²) < 4.78 is 16.8. The van der Waals surface area contributed by atoms with E-state index in [0.29, 0.717) is 23.0 Å². The van der Waals surface area contributed by atoms with E-state index in [4.69, 9.17) is 13.9 Å². The van der Waals surface area contributed by atoms with E-state index >= 15 is 0 Å². The van der Waals surface area contributed by atoms with Gasteiger partial charge < -0.3 is 19.0 Å². The molecule has 6 nitrogen and oxygen atoms in total. The molecule has 4 rings (SSSR count). The van der Waals surface area contributed by atoms with E-state index in [1.54, 1.807) is 24.5 Å². The third kappa shape index (κ3) is 3.75. The van der Waals surface area contributed by atoms with Gasteiger partial charge in [-0.25, -0.2) is 4.98 Å². The largest absolute Gasteiger partial charge is 0.507 e. The molecule has 0 atom stereocenters. The maximum Gasteiger partial charge on any atom is 0.302 e. The summed E-state index contributed by atoms with van der Waals surface area (Å²) in [5, 5.41) is 12.8. The van der Waals surface area contributed by atoms with Gasteiger partial charge >= 0.3 is 6.01 Å². The maximum atomic E-state index is 9.89. The van der Waals surface area contributed by atoms with Gasteiger partial charge in [0, 0.05) is 0 Å². The summed E-state index contributed by atoms with van der Waals surface area (Å²) in [5.41, 5.74) is 1.63. The van der Waals surface area contributed by atoms with Crippen LogP contribution in [-0.2, 0) is 9.47 Å². The zero-order chi connectivity index (χ0) is 17.1. The van der Waals surface area contributed by atoms with Crippen LogP contribution in [0.4, 0.5) is 6.01 Å². The lowest BCUT2D eigenvalue weighted by Gasteiger charge is -2.19. The van der Waals surface area contributed by atoms with Gasteiger partial charge in [-0.05, 0) is 30.5 Å². The highest BCUT2D eigenvalue weighted by Gasteiger charge is 2.17. The Bertz CT molecular complexity index is 912. The number of benzene rings is 1. The number of allylic oxidation sites excluding steroid dienone is 4. The maximum absolute atomic E-state index is 9.89. The number of hydrogen-bond donors (Lipinski definition) is 2. The molecule has 2 heterocycles. The van der Waals surface area contributed by atoms with Crippen LogP contribution in [0.15, 0.2) is 82.8 Å². The second kappa shape index (κ2) is 7.84. The van der Waals surface area contributed by atoms with Gasteiger partial charge in [-0.15, -0.1) is 12.4 Å². The Balaban J connectivity index is 0.00000196. The summed E-state index contributed by atoms with van der Waals surface area (Å²) in [4.78, 5) is 4.15. The van der Waals surface area contributed by atoms with Gasteiger partial charge in [0.2, 0.25) is 5.88 Å². The zero-order valence-electron chi connectivity index (χ0n) is 13.7. The number of phenols is 1. The van der Waals surface area contributed by atoms with Crippen LogP contribution in [-0.4, -0.2) is 10.1 Å². The summed E-state index contributed by atoms with van der Waals surface area (Å²) >= 11 is 0. The summed E-state index contributed by atoms with van der Waals surface area (Å²) in [6.45, 7) is 0. The molecule has 1 aromatic heterocycles. The third-order valence-corrected chi connectivity index (χ3v) is 3.81. The normalized spacial score (nSPS) is 15.6. The van der Waals surface area contributed by atoms with Gasteiger partial charge in [0.15, 0.2) is 17.8 Å². The van der Waals surface area contributed by atoms with Crippen LogP contribution in [0.5, 0.6) is 5.75 Å². The number of halogens is 1. The number of hydrogen-bond acceptors (Lipinski definition) is 6. The predicted octanol–water partition coefficient (Wildman–Crippen LogP) is 4.84. The number of rotatable bonds is 4. The molecule has 7 heteroatoms. The van der Waals surface area contributed by atoms with Gasteiger partial charge in [0.25, 0.3) is 0 Å². The number of para-hydroxylation sites is 1. The monoisotopic (exact) mass is 372 g/mol. The standard InChI is InChI=1S/C19H16N2O4.ClH/c22-15-9-5-4-8-14(15)16-10-20-19(25-16)21-18-12-23-11-17(24-18)13-6-2-1-3-7-13;/h1-2,4-6,8-12,22H,3,7H2,(H,20,21);1H. The number of aromatic hydroxyl groups is 1. The molecule has 2 aliphatic rings. The van der Waals surface area contributed by atoms with Gasteiger partial charge in [-0.1, -0.05) is 30.4 Å². The Morgan fingerprint density at radius 3 is 2.85 bits per heavy atom. The minimum absolute atomic E-state index is 0. The van der Waals surface area contributed by atoms with Crippen LogP contribution in [0.2, 0.25) is 0 Å². The van der Waals surface area contributed by atoms with E-state index in [9.17, 15) is 5.11 Å². The molecular weight excluding hydrogens is 356 g/mol. The van der Waals surface area contributed by atoms with Crippen molar-refractivity contribution in [2.24, 2.45) is 0 Å². The van der Waals surface area contributed by atoms with E-state index in [2.05, 4.69) is 16.4 Å². The summed E-state index contributed by atoms with van der Waals surface area (Å²) in [6, 6.07) is 7.15. The van der Waals surface area contributed by atoms with Crippen molar-refractivity contribution in [3.05, 3.63) is 78.4 Å². The number of aromatic nitrogens is 1. The van der Waals surface area contributed by atoms with Crippen LogP contribution >= 0.6 is 12.4 Å². The smallest absolute Gasteiger partial charge is 0.302 e. The first-order chi connectivity index (χ1) is 12.3. The molecular formula is C19H17ClN2O4. The lowest BCUT2D eigenvalue weighted by molar-refractivity contribution is 0.232. The molecule has 0 bridgehead atoms. The quantitative estimate of drug-likeness (QED) is 0.799. The van der Waals surface area contributed by atoms with Gasteiger partial charge in [-0.3, -0.25) is 5.32 Å². The summed E-state index contributed by atoms with van der Waals surface area (Å²) in [6.07, 6.45) is 12.5. The van der Waals surface area contributed by atoms with Crippen molar-refractivity contribution in [1.29, 1.82) is 0 Å². The second-order valence-corrected chi connectivity index (χ2v) is 5.53. The lowest BCUT2D eigenvalue weighted by Crippen LogP contribution is -2.10. The Morgan fingerprint density at radius 2 is 2.04 bits per heavy atom. The minimum atomic E-state index is 0. The number of oxazole rings is 1. The second-order valence-electron chi connectivity index (χ2n) is 5.53. The average molecular weight is 373 g/mol. The van der Waals surface area contributed by atoms with Crippen LogP contribution in [0, 0.1) is 0 Å². The highest BCUT2D eigenvalue weighted by atomic mass is 35.5. The van der Waals surface area contributed by atoms with Gasteiger partial charge in [-0.2, -0.15) is 0 Å². The van der Waals surface area contributed by atoms with E-state index < -0.39 is 0 Å². The van der Waals surface area contributed by atoms with Crippen molar-refractivity contribution in [3.63, 3.8) is 0 Å². The molecule has 1 aromatic carbocycles. The van der Waals surface area contributed by atoms with Gasteiger partial charge in [0.1, 0.15) is 12.0 Å². The fourth-order valence-corrected chi connectivity index (χ4v) is 2.57. The van der Waals surface area contributed by atoms with Crippen molar-refractivity contribution < 1.29 is 19.0 Å². The van der Waals surface area contributed by atoms with Crippen LogP contribution in [0.25, 0.3) is 11.3 Å². The molecule has 0 saturated heterocycles. The summed E-state index contributed by atoms with van der Waals surface area (Å²) in [5.74, 6) is 1.61. The average Bonchev–Trinajstić information content (AvgIpc) is 3.11. The number of ether oxygens (including phenoxy) is 2. The summed E-state index contributed by atoms with van der Waals surface area (Å²) in [7, 11) is 0. The lowest BCUT2D eigenvalue weighted by atomic mass is 10.0. The van der Waals surface area contributed by atoms with E-state index in [0.717, 1.165) is 18.4 Å². The molecule has 0 amide bonds. The van der Waals surface area contributed by atoms with Crippen molar-refractivity contribution in [1.82, 2.24) is 4.98 Å². The Labute approximate surface area is 156 Å². The Morgan fingerprint density at radius 1 is 1.15 bits per heavy atom. The molecule has 0 fully saturated rings. The third-order valence-electron chi connectivity index (χ3n) is 3.81. The fourth-order valence-electron chi connectivity index (χ4n) is 2.57. The molecule has 2 aromatic rings. The number of nitrogens with one attached hydrogen (secondary N) is 1. The highest BCUT2D eigenvalue weighted by Crippen LogP contribution is 2.31. The number of phenolic OH excluding ortho intramolecular Hbond substituents is 1. The fraction of sp³-hybridized carbons (Fsp3) is 0.105. The molecule has 0 unspecified atom stereocenters. The van der Waals surface area contributed by atoms with Crippen molar-refractivity contribution >= 4 is 18.4 Å². The predicted molar refractivity (Wildman–Crippen MR) is 99.3 cm³/mol. The number of nitrogens with zero attached hydrogens (tertiary/aromatic N) is 1. The zero-order valence-corrected chi connectivity index (χ0v) is 14.5. The molecule has 1 aliphatic carbocycles. The molecule has 1 aliphatic heterocycles. The SMILES string of the molecule is Cl.Oc1ccccc1-c1cnc(NC2=COC=C(C3=CC=CCC3)O2)o1. The van der Waals surface area contributed by atoms with E-state index in [1.165, 1.54) is 12.5 Å². The van der Waals surface area contributed by atoms with E-state index in [-0.39, 0.29) is 24.2 Å². The molecule has 26 heavy (non-hydrogen) atoms. The van der Waals surface area contributed by atoms with Crippen molar-refractivity contribution in [2.75, 3.05) is 5.32 Å². The first kappa shape index (κ1) is 17.7. The number of anilines is 1. The molecule has 0 radical (unpaired) electrons. The molecule has 0 spiro atoms. The van der Waals surface area contributed by atoms with Crippen LogP contribution in [0.3, 0.4) is 0 Å². The van der Waals surface area contributed by atoms with Crippen LogP contribution < -0.4 is 5.32 Å². The van der Waals surface area contributed by atoms with Gasteiger partial charge in [0.05, 0.1) is 11.8 Å². The highest BCUT2D eigenvalue weighted by molar-refractivity contribution is 5.85. The Hall–Kier alpha value is -3.12. The van der Waals surface area contributed by atoms with Crippen molar-refractivity contribution in [2.45, 2.75) is 12.8 Å².